The second-order valence-corrected chi connectivity index (χ2v) is 4.03. The molecule has 0 aliphatic rings. The first-order valence-corrected chi connectivity index (χ1v) is 8.44. The molecule has 0 amide bonds. The maximum atomic E-state index is 9.19. The van der Waals surface area contributed by atoms with Gasteiger partial charge >= 0.3 is 0 Å². The number of hydrogen-bond acceptors (Lipinski definition) is 2. The van der Waals surface area contributed by atoms with Gasteiger partial charge in [-0.05, 0) is 30.2 Å². The van der Waals surface area contributed by atoms with Gasteiger partial charge in [0, 0.05) is 65.4 Å². The van der Waals surface area contributed by atoms with Crippen LogP contribution in [-0.4, -0.2) is 11.7 Å². The van der Waals surface area contributed by atoms with Crippen molar-refractivity contribution in [3.63, 3.8) is 0 Å². The number of phenols is 1. The normalized spacial score (nSPS) is 6.86. The minimum absolute atomic E-state index is 0. The predicted molar refractivity (Wildman–Crippen MR) is 120 cm³/mol. The van der Waals surface area contributed by atoms with E-state index in [1.165, 1.54) is 0 Å². The molecule has 28 heavy (non-hydrogen) atoms. The fourth-order valence-corrected chi connectivity index (χ4v) is 1.51. The van der Waals surface area contributed by atoms with Crippen LogP contribution in [-0.2, 0) is 71.8 Å². The van der Waals surface area contributed by atoms with Gasteiger partial charge < -0.3 is 24.7 Å². The van der Waals surface area contributed by atoms with Crippen LogP contribution in [0.2, 0.25) is 0 Å². The largest absolute Gasteiger partial charge is 0.508 e. The van der Waals surface area contributed by atoms with Crippen molar-refractivity contribution in [1.29, 1.82) is 0 Å². The summed E-state index contributed by atoms with van der Waals surface area (Å²) < 4.78 is 5.24. The zero-order valence-electron chi connectivity index (χ0n) is 18.7. The average Bonchev–Trinajstić information content (AvgIpc) is 2.67. The molecule has 0 aromatic heterocycles. The van der Waals surface area contributed by atoms with Crippen LogP contribution in [0.4, 0.5) is 0 Å². The van der Waals surface area contributed by atoms with Gasteiger partial charge in [-0.1, -0.05) is 82.8 Å². The molecule has 2 nitrogen and oxygen atoms in total. The van der Waals surface area contributed by atoms with Gasteiger partial charge in [0.15, 0.2) is 0 Å². The van der Waals surface area contributed by atoms with Gasteiger partial charge in [-0.3, -0.25) is 0 Å². The summed E-state index contributed by atoms with van der Waals surface area (Å²) in [7, 11) is 0. The standard InChI is InChI=1S/2C9H10O.2C2H6.2CH3.2Y/c1-2-8-10-9-6-4-3-5-7-9;1-2-5-8-6-3-4-7-9(8)10;2*1-2;;;;/h2-7H,1,8H2;2-4,6-7,10H,1,5H2;2*1-2H3;2*1H3;;/q;;;;2*-1;;. The van der Waals surface area contributed by atoms with Crippen LogP contribution in [0.3, 0.4) is 0 Å². The first-order chi connectivity index (χ1) is 11.8. The zero-order valence-corrected chi connectivity index (χ0v) is 24.4. The molecule has 0 fully saturated rings. The minimum Gasteiger partial charge on any atom is -0.508 e. The van der Waals surface area contributed by atoms with Gasteiger partial charge in [0.2, 0.25) is 0 Å². The Morgan fingerprint density at radius 3 is 1.68 bits per heavy atom. The van der Waals surface area contributed by atoms with Crippen LogP contribution in [0.5, 0.6) is 11.5 Å². The number of para-hydroxylation sites is 2. The van der Waals surface area contributed by atoms with Crippen molar-refractivity contribution in [2.24, 2.45) is 0 Å². The molecule has 0 spiro atoms. The van der Waals surface area contributed by atoms with Crippen molar-refractivity contribution in [1.82, 2.24) is 0 Å². The summed E-state index contributed by atoms with van der Waals surface area (Å²) in [5, 5.41) is 9.19. The van der Waals surface area contributed by atoms with Crippen LogP contribution < -0.4 is 4.74 Å². The molecule has 4 heteroatoms. The first-order valence-electron chi connectivity index (χ1n) is 8.44. The van der Waals surface area contributed by atoms with Crippen molar-refractivity contribution < 1.29 is 75.3 Å². The van der Waals surface area contributed by atoms with E-state index in [1.54, 1.807) is 18.2 Å². The molecule has 0 heterocycles. The van der Waals surface area contributed by atoms with Gasteiger partial charge in [-0.25, -0.2) is 0 Å². The third kappa shape index (κ3) is 23.8. The number of phenolic OH excluding ortho intramolecular Hbond substituents is 1. The molecule has 2 radical (unpaired) electrons. The molecule has 154 valence electrons. The van der Waals surface area contributed by atoms with E-state index < -0.39 is 0 Å². The summed E-state index contributed by atoms with van der Waals surface area (Å²) in [6.07, 6.45) is 4.23. The van der Waals surface area contributed by atoms with Crippen LogP contribution in [0.15, 0.2) is 79.9 Å². The third-order valence-corrected chi connectivity index (χ3v) is 2.47. The Hall–Kier alpha value is -0.272. The Bertz CT molecular complexity index is 529. The van der Waals surface area contributed by atoms with Gasteiger partial charge in [-0.2, -0.15) is 0 Å². The van der Waals surface area contributed by atoms with E-state index in [0.29, 0.717) is 12.4 Å². The maximum absolute atomic E-state index is 9.19. The molecular weight excluding hydrogens is 498 g/mol. The molecular formula is C24H38O2Y2-2. The second-order valence-electron chi connectivity index (χ2n) is 4.03. The molecule has 0 aliphatic heterocycles. The number of rotatable bonds is 5. The molecule has 0 aliphatic carbocycles. The smallest absolute Gasteiger partial charge is 0.119 e. The Morgan fingerprint density at radius 1 is 0.786 bits per heavy atom. The van der Waals surface area contributed by atoms with Crippen LogP contribution >= 0.6 is 0 Å². The molecule has 2 rings (SSSR count). The number of ether oxygens (including phenoxy) is 1. The average molecular weight is 536 g/mol. The minimum atomic E-state index is 0. The van der Waals surface area contributed by atoms with E-state index in [9.17, 15) is 5.11 Å². The Kier molecular flexibility index (Phi) is 51.3. The number of benzene rings is 2. The van der Waals surface area contributed by atoms with E-state index in [2.05, 4.69) is 13.2 Å². The molecule has 0 atom stereocenters. The summed E-state index contributed by atoms with van der Waals surface area (Å²) in [5.74, 6) is 1.24. The number of aromatic hydroxyl groups is 1. The molecule has 2 aromatic carbocycles. The van der Waals surface area contributed by atoms with Crippen molar-refractivity contribution in [2.75, 3.05) is 6.61 Å². The third-order valence-electron chi connectivity index (χ3n) is 2.47. The molecule has 0 saturated heterocycles. The summed E-state index contributed by atoms with van der Waals surface area (Å²) in [6, 6.07) is 17.0. The molecule has 0 unspecified atom stereocenters. The quantitative estimate of drug-likeness (QED) is 0.321. The summed E-state index contributed by atoms with van der Waals surface area (Å²) in [6.45, 7) is 15.7. The topological polar surface area (TPSA) is 29.5 Å². The van der Waals surface area contributed by atoms with E-state index in [0.717, 1.165) is 17.7 Å². The Morgan fingerprint density at radius 2 is 1.25 bits per heavy atom. The van der Waals surface area contributed by atoms with Crippen LogP contribution in [0, 0.1) is 14.9 Å². The Balaban J connectivity index is -0.0000000653. The van der Waals surface area contributed by atoms with E-state index in [4.69, 9.17) is 4.74 Å². The van der Waals surface area contributed by atoms with Crippen LogP contribution in [0.1, 0.15) is 33.3 Å². The summed E-state index contributed by atoms with van der Waals surface area (Å²) >= 11 is 0. The monoisotopic (exact) mass is 536 g/mol. The van der Waals surface area contributed by atoms with Crippen molar-refractivity contribution in [2.45, 2.75) is 34.1 Å². The fourth-order valence-electron chi connectivity index (χ4n) is 1.51. The number of hydrogen-bond donors (Lipinski definition) is 1. The zero-order chi connectivity index (χ0) is 18.6. The van der Waals surface area contributed by atoms with E-state index in [-0.39, 0.29) is 80.3 Å². The first kappa shape index (κ1) is 42.0. The van der Waals surface area contributed by atoms with Gasteiger partial charge in [0.1, 0.15) is 18.1 Å². The van der Waals surface area contributed by atoms with Crippen molar-refractivity contribution in [3.05, 3.63) is 100 Å². The maximum Gasteiger partial charge on any atom is 0.119 e. The molecule has 1 N–H and O–H groups in total. The van der Waals surface area contributed by atoms with E-state index >= 15 is 0 Å². The van der Waals surface area contributed by atoms with Crippen molar-refractivity contribution >= 4 is 0 Å². The summed E-state index contributed by atoms with van der Waals surface area (Å²) in [5.41, 5.74) is 0.928. The number of allylic oxidation sites excluding steroid dienone is 1. The van der Waals surface area contributed by atoms with Gasteiger partial charge in [-0.15, -0.1) is 6.58 Å². The van der Waals surface area contributed by atoms with E-state index in [1.807, 2.05) is 76.2 Å². The van der Waals surface area contributed by atoms with Gasteiger partial charge in [0.05, 0.1) is 0 Å². The molecule has 2 aromatic rings. The second kappa shape index (κ2) is 34.2. The van der Waals surface area contributed by atoms with Crippen molar-refractivity contribution in [3.8, 4) is 11.5 Å². The van der Waals surface area contributed by atoms with Gasteiger partial charge in [0.25, 0.3) is 0 Å². The fraction of sp³-hybridized carbons (Fsp3) is 0.250. The molecule has 0 saturated carbocycles. The SMILES string of the molecule is C=CCOc1ccccc1.C=CCc1ccccc1O.CC.CC.[CH3-].[CH3-].[Y].[Y]. The van der Waals surface area contributed by atoms with Crippen LogP contribution in [0.25, 0.3) is 0 Å². The predicted octanol–water partition coefficient (Wildman–Crippen LogP) is 7.32. The molecule has 0 bridgehead atoms. The Labute approximate surface area is 225 Å². The summed E-state index contributed by atoms with van der Waals surface area (Å²) in [4.78, 5) is 0.